The summed E-state index contributed by atoms with van der Waals surface area (Å²) < 4.78 is 94.6. The van der Waals surface area contributed by atoms with Crippen LogP contribution in [0.1, 0.15) is 13.3 Å². The quantitative estimate of drug-likeness (QED) is 0.409. The topological polar surface area (TPSA) is 65.5 Å². The lowest BCUT2D eigenvalue weighted by Gasteiger charge is -2.26. The third kappa shape index (κ3) is 5.80. The van der Waals surface area contributed by atoms with E-state index in [1.165, 1.54) is 16.5 Å². The number of hydrogen-bond donors (Lipinski definition) is 1. The van der Waals surface area contributed by atoms with Gasteiger partial charge in [0.1, 0.15) is 10.8 Å². The second-order valence-electron chi connectivity index (χ2n) is 7.32. The minimum absolute atomic E-state index is 0.0452. The van der Waals surface area contributed by atoms with Gasteiger partial charge in [0.25, 0.3) is 10.0 Å². The van der Waals surface area contributed by atoms with Crippen LogP contribution in [0.25, 0.3) is 0 Å². The first-order chi connectivity index (χ1) is 14.9. The van der Waals surface area contributed by atoms with Gasteiger partial charge in [-0.1, -0.05) is 18.5 Å². The van der Waals surface area contributed by atoms with E-state index in [9.17, 15) is 30.4 Å². The number of thiazole rings is 1. The van der Waals surface area contributed by atoms with Crippen molar-refractivity contribution in [1.82, 2.24) is 9.88 Å². The summed E-state index contributed by atoms with van der Waals surface area (Å²) in [6.07, 6.45) is -2.50. The third-order valence-electron chi connectivity index (χ3n) is 5.01. The highest BCUT2D eigenvalue weighted by Crippen LogP contribution is 2.37. The molecule has 0 radical (unpaired) electrons. The Morgan fingerprint density at radius 2 is 2.09 bits per heavy atom. The first-order valence-electron chi connectivity index (χ1n) is 9.55. The van der Waals surface area contributed by atoms with E-state index in [0.717, 1.165) is 17.4 Å². The van der Waals surface area contributed by atoms with Crippen LogP contribution in [-0.4, -0.2) is 57.2 Å². The van der Waals surface area contributed by atoms with Gasteiger partial charge in [0.05, 0.1) is 12.2 Å². The highest BCUT2D eigenvalue weighted by molar-refractivity contribution is 7.93. The smallest absolute Gasteiger partial charge is 0.370 e. The summed E-state index contributed by atoms with van der Waals surface area (Å²) in [7, 11) is -4.62. The third-order valence-corrected chi connectivity index (χ3v) is 7.56. The molecule has 1 saturated heterocycles. The van der Waals surface area contributed by atoms with E-state index in [1.807, 2.05) is 4.72 Å². The molecule has 0 bridgehead atoms. The summed E-state index contributed by atoms with van der Waals surface area (Å²) in [4.78, 5) is 5.30. The van der Waals surface area contributed by atoms with Crippen molar-refractivity contribution < 1.29 is 30.4 Å². The predicted molar refractivity (Wildman–Crippen MR) is 113 cm³/mol. The number of halogens is 6. The van der Waals surface area contributed by atoms with E-state index in [-0.39, 0.29) is 36.4 Å². The lowest BCUT2D eigenvalue weighted by atomic mass is 10.1. The Hall–Kier alpha value is -1.70. The van der Waals surface area contributed by atoms with Crippen molar-refractivity contribution in [3.63, 3.8) is 0 Å². The molecule has 0 amide bonds. The minimum atomic E-state index is -4.62. The fourth-order valence-electron chi connectivity index (χ4n) is 3.61. The molecule has 0 saturated carbocycles. The Labute approximate surface area is 191 Å². The Morgan fingerprint density at radius 3 is 2.69 bits per heavy atom. The maximum Gasteiger partial charge on any atom is 0.401 e. The first kappa shape index (κ1) is 24.9. The van der Waals surface area contributed by atoms with Crippen LogP contribution in [0.4, 0.5) is 32.8 Å². The fourth-order valence-corrected chi connectivity index (χ4v) is 5.86. The van der Waals surface area contributed by atoms with Crippen molar-refractivity contribution in [1.29, 1.82) is 0 Å². The van der Waals surface area contributed by atoms with Crippen LogP contribution in [0.15, 0.2) is 22.5 Å². The van der Waals surface area contributed by atoms with Gasteiger partial charge in [0.15, 0.2) is 15.8 Å². The van der Waals surface area contributed by atoms with E-state index in [4.69, 9.17) is 11.6 Å². The van der Waals surface area contributed by atoms with E-state index >= 15 is 0 Å². The van der Waals surface area contributed by atoms with Gasteiger partial charge in [-0.2, -0.15) is 13.2 Å². The molecule has 2 aromatic rings. The number of alkyl halides is 3. The van der Waals surface area contributed by atoms with Crippen molar-refractivity contribution in [2.75, 3.05) is 42.3 Å². The maximum absolute atomic E-state index is 14.9. The van der Waals surface area contributed by atoms with Crippen LogP contribution in [0, 0.1) is 17.6 Å². The number of nitrogens with one attached hydrogen (secondary N) is 1. The largest absolute Gasteiger partial charge is 0.401 e. The molecule has 1 aliphatic heterocycles. The molecule has 178 valence electrons. The van der Waals surface area contributed by atoms with Crippen LogP contribution < -0.4 is 9.62 Å². The summed E-state index contributed by atoms with van der Waals surface area (Å²) >= 11 is 6.99. The second-order valence-corrected chi connectivity index (χ2v) is 10.2. The van der Waals surface area contributed by atoms with Crippen molar-refractivity contribution in [2.45, 2.75) is 24.4 Å². The van der Waals surface area contributed by atoms with Crippen molar-refractivity contribution >= 4 is 43.8 Å². The van der Waals surface area contributed by atoms with Crippen LogP contribution in [0.2, 0.25) is 5.02 Å². The first-order valence-corrected chi connectivity index (χ1v) is 12.3. The molecule has 1 aliphatic rings. The number of benzene rings is 1. The molecule has 1 fully saturated rings. The molecule has 0 aliphatic carbocycles. The molecule has 1 aromatic heterocycles. The second kappa shape index (κ2) is 9.65. The lowest BCUT2D eigenvalue weighted by Crippen LogP contribution is -2.38. The molecular weight excluding hydrogens is 499 g/mol. The highest BCUT2D eigenvalue weighted by atomic mass is 35.5. The average molecular weight is 519 g/mol. The summed E-state index contributed by atoms with van der Waals surface area (Å²) in [6, 6.07) is 0.831. The van der Waals surface area contributed by atoms with Crippen LogP contribution in [-0.2, 0) is 10.0 Å². The molecule has 14 heteroatoms. The van der Waals surface area contributed by atoms with Gasteiger partial charge in [-0.25, -0.2) is 22.2 Å². The lowest BCUT2D eigenvalue weighted by molar-refractivity contribution is -0.146. The number of nitrogens with zero attached hydrogens (tertiary/aromatic N) is 3. The van der Waals surface area contributed by atoms with Crippen molar-refractivity contribution in [2.24, 2.45) is 5.92 Å². The van der Waals surface area contributed by atoms with E-state index in [0.29, 0.717) is 13.0 Å². The van der Waals surface area contributed by atoms with Gasteiger partial charge in [-0.15, -0.1) is 11.3 Å². The average Bonchev–Trinajstić information content (AvgIpc) is 3.34. The van der Waals surface area contributed by atoms with Crippen LogP contribution >= 0.6 is 22.9 Å². The van der Waals surface area contributed by atoms with Gasteiger partial charge >= 0.3 is 6.18 Å². The molecule has 3 rings (SSSR count). The number of aromatic nitrogens is 1. The zero-order valence-corrected chi connectivity index (χ0v) is 19.2. The number of sulfonamides is 1. The Morgan fingerprint density at radius 1 is 1.38 bits per heavy atom. The van der Waals surface area contributed by atoms with E-state index < -0.39 is 44.3 Å². The Kier molecular flexibility index (Phi) is 7.52. The Bertz CT molecular complexity index is 1050. The normalized spacial score (nSPS) is 17.4. The maximum atomic E-state index is 14.9. The summed E-state index contributed by atoms with van der Waals surface area (Å²) in [6.45, 7) is 1.51. The van der Waals surface area contributed by atoms with Gasteiger partial charge in [0, 0.05) is 37.3 Å². The molecule has 1 unspecified atom stereocenters. The van der Waals surface area contributed by atoms with E-state index in [1.54, 1.807) is 11.8 Å². The molecule has 1 N–H and O–H groups in total. The number of hydrogen-bond acceptors (Lipinski definition) is 6. The molecular formula is C18H20ClF5N4O2S2. The van der Waals surface area contributed by atoms with Gasteiger partial charge < -0.3 is 4.90 Å². The Balaban J connectivity index is 1.78. The molecule has 6 nitrogen and oxygen atoms in total. The van der Waals surface area contributed by atoms with Crippen LogP contribution in [0.5, 0.6) is 0 Å². The predicted octanol–water partition coefficient (Wildman–Crippen LogP) is 4.59. The molecule has 0 spiro atoms. The zero-order chi connectivity index (χ0) is 23.7. The number of rotatable bonds is 8. The van der Waals surface area contributed by atoms with Crippen LogP contribution in [0.3, 0.4) is 0 Å². The highest BCUT2D eigenvalue weighted by Gasteiger charge is 2.34. The SMILES string of the molecule is CCN(CC1CCN(c2cc(F)c(S(=O)(=O)Nc3nccs3)c(F)c2Cl)C1)CC(F)(F)F. The van der Waals surface area contributed by atoms with Gasteiger partial charge in [0.2, 0.25) is 0 Å². The number of anilines is 2. The summed E-state index contributed by atoms with van der Waals surface area (Å²) in [5, 5.41) is 0.846. The summed E-state index contributed by atoms with van der Waals surface area (Å²) in [5.41, 5.74) is -0.0452. The standard InChI is InChI=1S/C18H20ClF5N4O2S2/c1-2-27(10-18(22,23)24)8-11-3-5-28(9-11)13-7-12(20)16(15(21)14(13)19)32(29,30)26-17-25-4-6-31-17/h4,6-7,11H,2-3,5,8-10H2,1H3,(H,25,26). The molecule has 1 aromatic carbocycles. The van der Waals surface area contributed by atoms with E-state index in [2.05, 4.69) is 4.98 Å². The zero-order valence-electron chi connectivity index (χ0n) is 16.8. The summed E-state index contributed by atoms with van der Waals surface area (Å²) in [5.74, 6) is -2.95. The van der Waals surface area contributed by atoms with Crippen molar-refractivity contribution in [3.8, 4) is 0 Å². The van der Waals surface area contributed by atoms with Crippen molar-refractivity contribution in [3.05, 3.63) is 34.3 Å². The molecule has 32 heavy (non-hydrogen) atoms. The monoisotopic (exact) mass is 518 g/mol. The molecule has 1 atom stereocenters. The molecule has 2 heterocycles. The minimum Gasteiger partial charge on any atom is -0.370 e. The van der Waals surface area contributed by atoms with Gasteiger partial charge in [-0.3, -0.25) is 9.62 Å². The van der Waals surface area contributed by atoms with Gasteiger partial charge in [-0.05, 0) is 18.9 Å². The fraction of sp³-hybridized carbons (Fsp3) is 0.500.